The number of carbonyl (C=O) groups is 1. The summed E-state index contributed by atoms with van der Waals surface area (Å²) < 4.78 is 28.6. The first-order chi connectivity index (χ1) is 12.0. The van der Waals surface area contributed by atoms with Crippen LogP contribution < -0.4 is 15.8 Å². The van der Waals surface area contributed by atoms with Crippen LogP contribution in [0.25, 0.3) is 0 Å². The van der Waals surface area contributed by atoms with Crippen molar-refractivity contribution in [3.8, 4) is 0 Å². The largest absolute Gasteiger partial charge is 0.466 e. The molecule has 0 saturated carbocycles. The molecule has 3 rings (SSSR count). The molecule has 4 N–H and O–H groups in total. The number of fused-ring (bicyclic) bond motifs is 1. The summed E-state index contributed by atoms with van der Waals surface area (Å²) in [5.74, 6) is 1.72. The maximum Gasteiger partial charge on any atom is 0.319 e. The summed E-state index contributed by atoms with van der Waals surface area (Å²) in [6.45, 7) is 6.16. The second-order valence-electron chi connectivity index (χ2n) is 7.50. The number of carbonyl (C=O) groups excluding carboxylic acids is 1. The van der Waals surface area contributed by atoms with Crippen molar-refractivity contribution in [2.45, 2.75) is 44.6 Å². The van der Waals surface area contributed by atoms with Crippen molar-refractivity contribution in [1.82, 2.24) is 5.32 Å². The van der Waals surface area contributed by atoms with Crippen molar-refractivity contribution in [3.63, 3.8) is 0 Å². The Hall–Kier alpha value is -2.32. The number of anilines is 1. The molecule has 1 unspecified atom stereocenters. The number of nitrogens with one attached hydrogen (secondary N) is 2. The number of urea groups is 1. The minimum Gasteiger partial charge on any atom is -0.466 e. The van der Waals surface area contributed by atoms with Gasteiger partial charge in [-0.1, -0.05) is 19.9 Å². The summed E-state index contributed by atoms with van der Waals surface area (Å²) in [5.41, 5.74) is 1.35. The van der Waals surface area contributed by atoms with E-state index in [9.17, 15) is 13.2 Å². The molecule has 7 nitrogen and oxygen atoms in total. The van der Waals surface area contributed by atoms with E-state index >= 15 is 0 Å². The number of benzene rings is 1. The van der Waals surface area contributed by atoms with Crippen LogP contribution in [0.3, 0.4) is 0 Å². The van der Waals surface area contributed by atoms with E-state index in [4.69, 9.17) is 9.56 Å². The number of primary sulfonamides is 1. The summed E-state index contributed by atoms with van der Waals surface area (Å²) in [6.07, 6.45) is 1.61. The predicted octanol–water partition coefficient (Wildman–Crippen LogP) is 3.07. The van der Waals surface area contributed by atoms with E-state index in [-0.39, 0.29) is 16.4 Å². The molecule has 0 spiro atoms. The molecule has 1 heterocycles. The van der Waals surface area contributed by atoms with Gasteiger partial charge < -0.3 is 15.1 Å². The molecule has 1 aromatic carbocycles. The second kappa shape index (κ2) is 6.44. The highest BCUT2D eigenvalue weighted by Crippen LogP contribution is 2.42. The van der Waals surface area contributed by atoms with Gasteiger partial charge >= 0.3 is 6.03 Å². The van der Waals surface area contributed by atoms with E-state index < -0.39 is 16.1 Å². The molecule has 8 heteroatoms. The van der Waals surface area contributed by atoms with Gasteiger partial charge in [-0.2, -0.15) is 0 Å². The molecule has 26 heavy (non-hydrogen) atoms. The average molecular weight is 377 g/mol. The van der Waals surface area contributed by atoms with E-state index in [1.54, 1.807) is 6.07 Å². The smallest absolute Gasteiger partial charge is 0.319 e. The zero-order valence-corrected chi connectivity index (χ0v) is 15.8. The van der Waals surface area contributed by atoms with E-state index in [1.807, 2.05) is 13.0 Å². The maximum absolute atomic E-state index is 12.4. The number of sulfonamides is 1. The number of nitrogens with two attached hydrogens (primary N) is 1. The van der Waals surface area contributed by atoms with Crippen molar-refractivity contribution in [2.75, 3.05) is 5.32 Å². The summed E-state index contributed by atoms with van der Waals surface area (Å²) in [5, 5.41) is 10.8. The van der Waals surface area contributed by atoms with Gasteiger partial charge in [-0.3, -0.25) is 0 Å². The SMILES string of the molecule is Cc1cc2c(o1)CC(C)(C)CC2NC(=O)Nc1cccc(S(N)(=O)=O)c1. The summed E-state index contributed by atoms with van der Waals surface area (Å²) in [6, 6.07) is 7.20. The Morgan fingerprint density at radius 2 is 2.04 bits per heavy atom. The quantitative estimate of drug-likeness (QED) is 0.762. The average Bonchev–Trinajstić information content (AvgIpc) is 2.85. The molecule has 0 bridgehead atoms. The van der Waals surface area contributed by atoms with E-state index in [1.165, 1.54) is 18.2 Å². The topological polar surface area (TPSA) is 114 Å². The van der Waals surface area contributed by atoms with E-state index in [0.717, 1.165) is 29.9 Å². The van der Waals surface area contributed by atoms with Crippen LogP contribution in [0.4, 0.5) is 10.5 Å². The van der Waals surface area contributed by atoms with Crippen molar-refractivity contribution in [2.24, 2.45) is 10.6 Å². The number of hydrogen-bond donors (Lipinski definition) is 3. The first-order valence-electron chi connectivity index (χ1n) is 8.33. The number of aryl methyl sites for hydroxylation is 1. The Kier molecular flexibility index (Phi) is 4.58. The maximum atomic E-state index is 12.4. The Bertz CT molecular complexity index is 947. The fourth-order valence-electron chi connectivity index (χ4n) is 3.39. The van der Waals surface area contributed by atoms with Gasteiger partial charge in [-0.05, 0) is 43.0 Å². The molecule has 0 saturated heterocycles. The number of amides is 2. The van der Waals surface area contributed by atoms with Crippen molar-refractivity contribution >= 4 is 21.7 Å². The van der Waals surface area contributed by atoms with Crippen molar-refractivity contribution < 1.29 is 17.6 Å². The zero-order chi connectivity index (χ0) is 19.1. The van der Waals surface area contributed by atoms with Crippen LogP contribution in [0.2, 0.25) is 0 Å². The molecule has 140 valence electrons. The van der Waals surface area contributed by atoms with Crippen LogP contribution in [0, 0.1) is 12.3 Å². The lowest BCUT2D eigenvalue weighted by atomic mass is 9.75. The van der Waals surface area contributed by atoms with E-state index in [2.05, 4.69) is 24.5 Å². The van der Waals surface area contributed by atoms with Gasteiger partial charge in [0.05, 0.1) is 10.9 Å². The lowest BCUT2D eigenvalue weighted by molar-refractivity contribution is 0.222. The molecule has 2 amide bonds. The predicted molar refractivity (Wildman–Crippen MR) is 98.3 cm³/mol. The Morgan fingerprint density at radius 1 is 1.31 bits per heavy atom. The fourth-order valence-corrected chi connectivity index (χ4v) is 3.95. The molecular formula is C18H23N3O4S. The highest BCUT2D eigenvalue weighted by atomic mass is 32.2. The first-order valence-corrected chi connectivity index (χ1v) is 9.88. The standard InChI is InChI=1S/C18H23N3O4S/c1-11-7-14-15(9-18(2,3)10-16(14)25-11)21-17(22)20-12-5-4-6-13(8-12)26(19,23)24/h4-8,15H,9-10H2,1-3H3,(H2,19,23,24)(H2,20,21,22). The van der Waals surface area contributed by atoms with E-state index in [0.29, 0.717) is 5.69 Å². The van der Waals surface area contributed by atoms with Gasteiger partial charge in [-0.25, -0.2) is 18.4 Å². The lowest BCUT2D eigenvalue weighted by Gasteiger charge is -2.34. The summed E-state index contributed by atoms with van der Waals surface area (Å²) in [7, 11) is -3.83. The Labute approximate surface area is 153 Å². The molecule has 1 atom stereocenters. The zero-order valence-electron chi connectivity index (χ0n) is 15.0. The van der Waals surface area contributed by atoms with Crippen molar-refractivity contribution in [1.29, 1.82) is 0 Å². The van der Waals surface area contributed by atoms with Crippen LogP contribution in [0.1, 0.15) is 43.4 Å². The molecule has 2 aromatic rings. The number of furan rings is 1. The van der Waals surface area contributed by atoms with Gasteiger partial charge in [0.2, 0.25) is 10.0 Å². The van der Waals surface area contributed by atoms with Gasteiger partial charge in [0.25, 0.3) is 0 Å². The van der Waals surface area contributed by atoms with Crippen LogP contribution in [-0.2, 0) is 16.4 Å². The molecule has 0 radical (unpaired) electrons. The van der Waals surface area contributed by atoms with Crippen LogP contribution >= 0.6 is 0 Å². The third-order valence-corrected chi connectivity index (χ3v) is 5.37. The number of hydrogen-bond acceptors (Lipinski definition) is 4. The highest BCUT2D eigenvalue weighted by Gasteiger charge is 2.35. The van der Waals surface area contributed by atoms with Crippen LogP contribution in [-0.4, -0.2) is 14.4 Å². The minimum atomic E-state index is -3.83. The highest BCUT2D eigenvalue weighted by molar-refractivity contribution is 7.89. The van der Waals surface area contributed by atoms with Gasteiger partial charge in [0.15, 0.2) is 0 Å². The molecule has 0 fully saturated rings. The fraction of sp³-hybridized carbons (Fsp3) is 0.389. The first kappa shape index (κ1) is 18.5. The Balaban J connectivity index is 1.76. The van der Waals surface area contributed by atoms with Crippen LogP contribution in [0.15, 0.2) is 39.6 Å². The van der Waals surface area contributed by atoms with Crippen LogP contribution in [0.5, 0.6) is 0 Å². The molecule has 1 aliphatic carbocycles. The van der Waals surface area contributed by atoms with Gasteiger partial charge in [0.1, 0.15) is 11.5 Å². The third-order valence-electron chi connectivity index (χ3n) is 4.46. The second-order valence-corrected chi connectivity index (χ2v) is 9.07. The van der Waals surface area contributed by atoms with Crippen molar-refractivity contribution in [3.05, 3.63) is 47.4 Å². The Morgan fingerprint density at radius 3 is 2.73 bits per heavy atom. The summed E-state index contributed by atoms with van der Waals surface area (Å²) >= 11 is 0. The monoisotopic (exact) mass is 377 g/mol. The van der Waals surface area contributed by atoms with Gasteiger partial charge in [0, 0.05) is 17.7 Å². The minimum absolute atomic E-state index is 0.00276. The third kappa shape index (κ3) is 4.08. The van der Waals surface area contributed by atoms with Gasteiger partial charge in [-0.15, -0.1) is 0 Å². The molecule has 1 aliphatic rings. The molecule has 1 aromatic heterocycles. The normalized spacial score (nSPS) is 18.8. The number of rotatable bonds is 3. The lowest BCUT2D eigenvalue weighted by Crippen LogP contribution is -2.38. The molecule has 0 aliphatic heterocycles. The summed E-state index contributed by atoms with van der Waals surface area (Å²) in [4.78, 5) is 12.4. The molecular weight excluding hydrogens is 354 g/mol.